The van der Waals surface area contributed by atoms with E-state index >= 15 is 0 Å². The fourth-order valence-electron chi connectivity index (χ4n) is 4.85. The lowest BCUT2D eigenvalue weighted by Crippen LogP contribution is -2.47. The number of nitriles is 1. The molecular weight excluding hydrogens is 938 g/mol. The molecule has 348 valence electrons. The number of amides is 2. The number of ether oxygens (including phenoxy) is 2. The number of rotatable bonds is 16. The highest BCUT2D eigenvalue weighted by Gasteiger charge is 2.26. The van der Waals surface area contributed by atoms with Crippen molar-refractivity contribution < 1.29 is 43.7 Å². The number of carboxylic acids is 2. The number of hydrogen-bond acceptors (Lipinski definition) is 13. The number of thioether (sulfide) groups is 1. The number of anilines is 1. The molecule has 0 fully saturated rings. The highest BCUT2D eigenvalue weighted by Crippen LogP contribution is 2.36. The Morgan fingerprint density at radius 2 is 1.32 bits per heavy atom. The maximum absolute atomic E-state index is 12.3. The van der Waals surface area contributed by atoms with Gasteiger partial charge in [-0.3, -0.25) is 4.79 Å². The Balaban J connectivity index is 0.000000525. The van der Waals surface area contributed by atoms with Crippen molar-refractivity contribution in [2.24, 2.45) is 17.6 Å². The number of aliphatic carboxylic acids is 2. The summed E-state index contributed by atoms with van der Waals surface area (Å²) in [5.41, 5.74) is 5.86. The molecule has 0 aliphatic carbocycles. The number of thiazole rings is 1. The number of carbonyl (C=O) groups excluding carboxylic acids is 3. The SMILES string of the molecule is CC(C)(C)OC(=O)NC(CN)C(=O)O.CC(C)CC(SC#N)C(=O)c1ccc(Cl)c(Cl)c1.CC(C)Cc1sc(NCC(NC(=O)OC(C)(C)C)C(=O)O)nc1-c1ccc(Cl)c(Cl)c1. The summed E-state index contributed by atoms with van der Waals surface area (Å²) in [6.07, 6.45) is -0.113. The predicted molar refractivity (Wildman–Crippen MR) is 252 cm³/mol. The zero-order valence-electron chi connectivity index (χ0n) is 36.7. The number of carboxylic acid groups (broad SMARTS) is 2. The number of benzene rings is 2. The summed E-state index contributed by atoms with van der Waals surface area (Å²) in [5, 5.41) is 38.2. The summed E-state index contributed by atoms with van der Waals surface area (Å²) in [5.74, 6) is -1.69. The predicted octanol–water partition coefficient (Wildman–Crippen LogP) is 10.4. The van der Waals surface area contributed by atoms with E-state index in [0.717, 1.165) is 34.3 Å². The number of nitrogens with one attached hydrogen (secondary N) is 3. The fourth-order valence-corrected chi connectivity index (χ4v) is 7.50. The second-order valence-electron chi connectivity index (χ2n) is 16.5. The summed E-state index contributed by atoms with van der Waals surface area (Å²) >= 11 is 26.3. The average molecular weight is 995 g/mol. The Hall–Kier alpha value is -4.02. The lowest BCUT2D eigenvalue weighted by atomic mass is 10.0. The molecule has 1 aromatic heterocycles. The van der Waals surface area contributed by atoms with Gasteiger partial charge in [-0.25, -0.2) is 24.2 Å². The highest BCUT2D eigenvalue weighted by molar-refractivity contribution is 8.05. The number of Topliss-reactive ketones (excluding diaryl/α,β-unsaturated/α-hetero) is 1. The third kappa shape index (κ3) is 22.4. The molecular formula is C42H56Cl4N6O9S2. The zero-order valence-corrected chi connectivity index (χ0v) is 41.4. The van der Waals surface area contributed by atoms with Crippen molar-refractivity contribution in [3.63, 3.8) is 0 Å². The van der Waals surface area contributed by atoms with Crippen molar-refractivity contribution in [2.45, 2.75) is 111 Å². The molecule has 2 amide bonds. The Bertz CT molecular complexity index is 2070. The van der Waals surface area contributed by atoms with E-state index in [-0.39, 0.29) is 24.1 Å². The van der Waals surface area contributed by atoms with E-state index in [1.165, 1.54) is 11.3 Å². The molecule has 1 heterocycles. The zero-order chi connectivity index (χ0) is 48.4. The molecule has 21 heteroatoms. The van der Waals surface area contributed by atoms with Crippen LogP contribution in [0.1, 0.15) is 90.9 Å². The van der Waals surface area contributed by atoms with E-state index in [2.05, 4.69) is 34.8 Å². The molecule has 15 nitrogen and oxygen atoms in total. The van der Waals surface area contributed by atoms with Gasteiger partial charge in [0.15, 0.2) is 10.9 Å². The van der Waals surface area contributed by atoms with Crippen LogP contribution in [0.25, 0.3) is 11.3 Å². The minimum atomic E-state index is -1.18. The van der Waals surface area contributed by atoms with Gasteiger partial charge in [0.05, 0.1) is 31.0 Å². The van der Waals surface area contributed by atoms with Crippen molar-refractivity contribution in [1.29, 1.82) is 5.26 Å². The number of nitrogens with zero attached hydrogens (tertiary/aromatic N) is 2. The van der Waals surface area contributed by atoms with Gasteiger partial charge < -0.3 is 41.4 Å². The van der Waals surface area contributed by atoms with Gasteiger partial charge in [0.25, 0.3) is 0 Å². The third-order valence-electron chi connectivity index (χ3n) is 7.53. The topological polar surface area (TPSA) is 243 Å². The first-order valence-electron chi connectivity index (χ1n) is 19.4. The lowest BCUT2D eigenvalue weighted by Gasteiger charge is -2.22. The molecule has 0 aliphatic heterocycles. The molecule has 0 aliphatic rings. The van der Waals surface area contributed by atoms with E-state index in [0.29, 0.717) is 49.0 Å². The van der Waals surface area contributed by atoms with Crippen LogP contribution in [0.3, 0.4) is 0 Å². The van der Waals surface area contributed by atoms with Crippen LogP contribution in [-0.4, -0.2) is 86.7 Å². The van der Waals surface area contributed by atoms with E-state index < -0.39 is 47.4 Å². The van der Waals surface area contributed by atoms with Gasteiger partial charge in [0.2, 0.25) is 0 Å². The first-order valence-corrected chi connectivity index (χ1v) is 22.7. The normalized spacial score (nSPS) is 12.6. The summed E-state index contributed by atoms with van der Waals surface area (Å²) in [7, 11) is 0. The van der Waals surface area contributed by atoms with Crippen LogP contribution in [0, 0.1) is 22.5 Å². The van der Waals surface area contributed by atoms with Crippen molar-refractivity contribution in [3.05, 3.63) is 66.9 Å². The number of carbonyl (C=O) groups is 5. The van der Waals surface area contributed by atoms with Gasteiger partial charge in [0, 0.05) is 29.1 Å². The fraction of sp³-hybridized carbons (Fsp3) is 0.500. The van der Waals surface area contributed by atoms with Crippen molar-refractivity contribution in [3.8, 4) is 16.7 Å². The molecule has 0 saturated heterocycles. The molecule has 0 spiro atoms. The van der Waals surface area contributed by atoms with Gasteiger partial charge in [-0.1, -0.05) is 80.2 Å². The molecule has 7 N–H and O–H groups in total. The number of hydrogen-bond donors (Lipinski definition) is 6. The summed E-state index contributed by atoms with van der Waals surface area (Å²) in [4.78, 5) is 63.0. The first-order chi connectivity index (χ1) is 29.1. The smallest absolute Gasteiger partial charge is 0.408 e. The average Bonchev–Trinajstić information content (AvgIpc) is 3.54. The van der Waals surface area contributed by atoms with Crippen LogP contribution in [0.2, 0.25) is 20.1 Å². The van der Waals surface area contributed by atoms with E-state index in [4.69, 9.17) is 72.0 Å². The summed E-state index contributed by atoms with van der Waals surface area (Å²) in [6.45, 7) is 18.2. The van der Waals surface area contributed by atoms with Crippen molar-refractivity contribution >= 4 is 105 Å². The first kappa shape index (κ1) is 57.0. The largest absolute Gasteiger partial charge is 0.480 e. The number of alkyl carbamates (subject to hydrolysis) is 2. The lowest BCUT2D eigenvalue weighted by molar-refractivity contribution is -0.140. The quantitative estimate of drug-likeness (QED) is 0.0578. The molecule has 0 bridgehead atoms. The minimum absolute atomic E-state index is 0.0516. The summed E-state index contributed by atoms with van der Waals surface area (Å²) < 4.78 is 9.99. The number of aromatic nitrogens is 1. The Kier molecular flexibility index (Phi) is 24.1. The monoisotopic (exact) mass is 992 g/mol. The maximum atomic E-state index is 12.3. The van der Waals surface area contributed by atoms with E-state index in [1.54, 1.807) is 71.9 Å². The Labute approximate surface area is 397 Å². The molecule has 3 unspecified atom stereocenters. The van der Waals surface area contributed by atoms with Crippen molar-refractivity contribution in [1.82, 2.24) is 15.6 Å². The number of ketones is 1. The third-order valence-corrected chi connectivity index (χ3v) is 10.8. The maximum Gasteiger partial charge on any atom is 0.408 e. The van der Waals surface area contributed by atoms with Crippen LogP contribution in [0.15, 0.2) is 36.4 Å². The van der Waals surface area contributed by atoms with Crippen LogP contribution in [-0.2, 0) is 25.5 Å². The molecule has 0 radical (unpaired) electrons. The summed E-state index contributed by atoms with van der Waals surface area (Å²) in [6, 6.07) is 7.83. The van der Waals surface area contributed by atoms with Gasteiger partial charge in [-0.15, -0.1) is 11.3 Å². The molecule has 63 heavy (non-hydrogen) atoms. The van der Waals surface area contributed by atoms with Crippen molar-refractivity contribution in [2.75, 3.05) is 18.4 Å². The highest BCUT2D eigenvalue weighted by atomic mass is 35.5. The standard InChI is InChI=1S/C21H27Cl2N3O4S.C13H13Cl2NOS.C8H16N2O4/c1-11(2)8-16-17(12-6-7-13(22)14(23)9-12)26-19(31-16)24-10-15(18(27)28)25-20(29)30-21(3,4)5;1-8(2)5-12(18-7-16)13(17)9-3-4-10(14)11(15)6-9;1-8(2,3)14-7(13)10-5(4-9)6(11)12/h6-7,9,11,15H,8,10H2,1-5H3,(H,24,26)(H,25,29)(H,27,28);3-4,6,8,12H,5H2,1-2H3;5H,4,9H2,1-3H3,(H,10,13)(H,11,12). The number of halogens is 4. The van der Waals surface area contributed by atoms with Crippen LogP contribution >= 0.6 is 69.5 Å². The molecule has 2 aromatic carbocycles. The molecule has 3 rings (SSSR count). The van der Waals surface area contributed by atoms with E-state index in [1.807, 2.05) is 25.3 Å². The molecule has 3 aromatic rings. The number of nitrogens with two attached hydrogens (primary N) is 1. The Morgan fingerprint density at radius 1 is 0.810 bits per heavy atom. The molecule has 3 atom stereocenters. The van der Waals surface area contributed by atoms with Gasteiger partial charge in [0.1, 0.15) is 28.7 Å². The van der Waals surface area contributed by atoms with Gasteiger partial charge in [-0.2, -0.15) is 5.26 Å². The minimum Gasteiger partial charge on any atom is -0.480 e. The number of thiocyanates is 1. The second-order valence-corrected chi connectivity index (χ2v) is 20.2. The second kappa shape index (κ2) is 26.7. The van der Waals surface area contributed by atoms with E-state index in [9.17, 15) is 29.1 Å². The van der Waals surface area contributed by atoms with Gasteiger partial charge in [-0.05, 0) is 108 Å². The molecule has 0 saturated carbocycles. The van der Waals surface area contributed by atoms with Crippen LogP contribution in [0.5, 0.6) is 0 Å². The Morgan fingerprint density at radius 3 is 1.75 bits per heavy atom. The van der Waals surface area contributed by atoms with Gasteiger partial charge >= 0.3 is 24.1 Å². The van der Waals surface area contributed by atoms with Crippen LogP contribution in [0.4, 0.5) is 14.7 Å². The van der Waals surface area contributed by atoms with Crippen LogP contribution < -0.4 is 21.7 Å².